The predicted octanol–water partition coefficient (Wildman–Crippen LogP) is 15.9. The molecule has 7 heterocycles. The summed E-state index contributed by atoms with van der Waals surface area (Å²) in [5, 5.41) is 12.5. The quantitative estimate of drug-likeness (QED) is 0.0747. The molecule has 434 valence electrons. The van der Waals surface area contributed by atoms with E-state index in [1.165, 1.54) is 94.5 Å². The average Bonchev–Trinajstić information content (AvgIpc) is 2.57. The Morgan fingerprint density at radius 2 is 0.841 bits per heavy atom. The summed E-state index contributed by atoms with van der Waals surface area (Å²) in [4.78, 5) is 0. The molecule has 12 nitrogen and oxygen atoms in total. The first-order valence-electron chi connectivity index (χ1n) is 30.5. The molecule has 82 heavy (non-hydrogen) atoms. The number of rotatable bonds is 10. The van der Waals surface area contributed by atoms with E-state index in [4.69, 9.17) is 42.5 Å². The van der Waals surface area contributed by atoms with Crippen LogP contribution in [0.15, 0.2) is 115 Å². The lowest BCUT2D eigenvalue weighted by Gasteiger charge is -2.32. The molecule has 0 bridgehead atoms. The van der Waals surface area contributed by atoms with Crippen LogP contribution in [0, 0.1) is 15.4 Å². The average molecular weight is 1220 g/mol. The fourth-order valence-electron chi connectivity index (χ4n) is 12.1. The van der Waals surface area contributed by atoms with E-state index in [1.807, 2.05) is 17.1 Å². The summed E-state index contributed by atoms with van der Waals surface area (Å²) >= 11 is 2.32. The lowest BCUT2D eigenvalue weighted by molar-refractivity contribution is -0.0367. The second-order valence-electron chi connectivity index (χ2n) is 26.7. The highest BCUT2D eigenvalue weighted by Gasteiger charge is 2.61. The fourth-order valence-corrected chi connectivity index (χ4v) is 12.6. The highest BCUT2D eigenvalue weighted by molar-refractivity contribution is 14.1. The van der Waals surface area contributed by atoms with E-state index in [9.17, 15) is 0 Å². The molecular weight excluding hydrogens is 1140 g/mol. The van der Waals surface area contributed by atoms with Crippen LogP contribution in [-0.2, 0) is 37.4 Å². The second-order valence-corrected chi connectivity index (χ2v) is 28.0. The summed E-state index contributed by atoms with van der Waals surface area (Å²) < 4.78 is 56.7. The van der Waals surface area contributed by atoms with E-state index >= 15 is 0 Å². The minimum atomic E-state index is -0.500. The van der Waals surface area contributed by atoms with Crippen LogP contribution in [0.1, 0.15) is 189 Å². The van der Waals surface area contributed by atoms with Gasteiger partial charge in [-0.3, -0.25) is 0 Å². The maximum atomic E-state index is 6.69. The summed E-state index contributed by atoms with van der Waals surface area (Å²) in [6.45, 7) is 27.0. The maximum absolute atomic E-state index is 6.69. The van der Waals surface area contributed by atoms with Crippen molar-refractivity contribution in [2.45, 2.75) is 206 Å². The van der Waals surface area contributed by atoms with Gasteiger partial charge in [0.25, 0.3) is 0 Å². The minimum absolute atomic E-state index is 0.0232. The van der Waals surface area contributed by atoms with Crippen molar-refractivity contribution in [3.05, 3.63) is 135 Å². The fraction of sp³-hybridized carbons (Fsp3) is 0.545. The molecular formula is C66H86B3IN4O8. The van der Waals surface area contributed by atoms with Crippen molar-refractivity contribution in [1.29, 1.82) is 0 Å². The van der Waals surface area contributed by atoms with E-state index in [0.717, 1.165) is 59.8 Å². The number of hydrogen-bond donors (Lipinski definition) is 0. The summed E-state index contributed by atoms with van der Waals surface area (Å²) in [5.41, 5.74) is 7.21. The Bertz CT molecular complexity index is 3180. The lowest BCUT2D eigenvalue weighted by Crippen LogP contribution is -2.41. The molecule has 13 rings (SSSR count). The molecule has 2 saturated carbocycles. The monoisotopic (exact) mass is 1220 g/mol. The first kappa shape index (κ1) is 59.6. The van der Waals surface area contributed by atoms with Crippen LogP contribution in [0.3, 0.4) is 0 Å². The number of benzene rings is 4. The van der Waals surface area contributed by atoms with Crippen molar-refractivity contribution < 1.29 is 37.4 Å². The molecule has 5 aliphatic heterocycles. The summed E-state index contributed by atoms with van der Waals surface area (Å²) in [6, 6.07) is 34.5. The topological polar surface area (TPSA) is 109 Å². The largest absolute Gasteiger partial charge is 0.495 e. The predicted molar refractivity (Wildman–Crippen MR) is 339 cm³/mol. The molecule has 16 heteroatoms. The summed E-state index contributed by atoms with van der Waals surface area (Å²) in [6.07, 6.45) is 18.1. The van der Waals surface area contributed by atoms with Gasteiger partial charge in [-0.15, -0.1) is 0 Å². The van der Waals surface area contributed by atoms with E-state index in [1.54, 1.807) is 0 Å². The smallest absolute Gasteiger partial charge is 0.400 e. The van der Waals surface area contributed by atoms with E-state index < -0.39 is 55.0 Å². The Hall–Kier alpha value is -4.10. The van der Waals surface area contributed by atoms with Crippen molar-refractivity contribution >= 4 is 82.4 Å². The molecule has 2 aliphatic carbocycles. The Morgan fingerprint density at radius 1 is 0.439 bits per heavy atom. The van der Waals surface area contributed by atoms with Crippen LogP contribution in [0.5, 0.6) is 0 Å². The molecule has 7 fully saturated rings. The van der Waals surface area contributed by atoms with Gasteiger partial charge in [-0.05, 0) is 251 Å². The van der Waals surface area contributed by atoms with Gasteiger partial charge in [0.2, 0.25) is 0 Å². The molecule has 0 radical (unpaired) electrons. The van der Waals surface area contributed by atoms with E-state index in [0.29, 0.717) is 11.8 Å². The van der Waals surface area contributed by atoms with Crippen molar-refractivity contribution in [3.63, 3.8) is 0 Å². The van der Waals surface area contributed by atoms with Crippen molar-refractivity contribution in [1.82, 2.24) is 19.6 Å². The Kier molecular flexibility index (Phi) is 17.2. The van der Waals surface area contributed by atoms with Gasteiger partial charge in [0.1, 0.15) is 0 Å². The van der Waals surface area contributed by atoms with Crippen molar-refractivity contribution in [2.75, 3.05) is 13.2 Å². The molecule has 5 saturated heterocycles. The van der Waals surface area contributed by atoms with Crippen LogP contribution in [0.4, 0.5) is 0 Å². The summed E-state index contributed by atoms with van der Waals surface area (Å²) in [7, 11) is -1.43. The van der Waals surface area contributed by atoms with Gasteiger partial charge in [-0.2, -0.15) is 10.2 Å². The standard InChI is InChI=1S/C30H37BN2O3.C24H36B2O4.C12H13IN2O/c1-29(2)30(3,4)36-31(35-29)28(27(22-13-10-14-22)21-11-6-5-7-12-21)23-16-17-25-24(19-23)20-32-33(25)26-15-8-9-18-34-26;1-21(2)22(3,4)28-25(27-21)20(26-29-23(5,6)24(7,8)30-26)19(18-15-12-16-18)17-13-10-9-11-14-17;13-10-4-5-11-9(7-10)8-14-15(11)12-3-1-2-6-16-12/h5-7,11-12,16-17,19-20,22,26H,8-10,13-15,18H2,1-4H3;9-11,13-14,18H,12,15-16H2,1-8H3;4-5,7-8,12H,1-3,6H2/b28-27+;;. The molecule has 2 atom stereocenters. The van der Waals surface area contributed by atoms with Gasteiger partial charge in [0.05, 0.1) is 57.0 Å². The molecule has 0 spiro atoms. The molecule has 2 aromatic heterocycles. The third-order valence-electron chi connectivity index (χ3n) is 19.6. The molecule has 2 unspecified atom stereocenters. The number of hydrogen-bond acceptors (Lipinski definition) is 10. The zero-order valence-electron chi connectivity index (χ0n) is 50.8. The highest BCUT2D eigenvalue weighted by atomic mass is 127. The zero-order chi connectivity index (χ0) is 57.8. The molecule has 0 N–H and O–H groups in total. The van der Waals surface area contributed by atoms with E-state index in [2.05, 4.69) is 213 Å². The number of halogens is 1. The SMILES string of the molecule is CC1(C)OB(/C(=C(\c2ccccc2)C2CCC2)c2ccc3c(cnn3C3CCCCO3)c2)OC1(C)C.CC1(C)OB(C(B2OC(C)(C)C(C)(C)O2)=C(c2ccccc2)C2CCC2)OC1(C)C.Ic1ccc2c(cnn2C2CCCCO2)c1. The number of aromatic nitrogens is 4. The zero-order valence-corrected chi connectivity index (χ0v) is 52.9. The first-order chi connectivity index (χ1) is 39.0. The van der Waals surface area contributed by atoms with Gasteiger partial charge in [-0.25, -0.2) is 9.36 Å². The Morgan fingerprint density at radius 3 is 1.26 bits per heavy atom. The number of nitrogens with zero attached hydrogens (tertiary/aromatic N) is 4. The molecule has 6 aromatic rings. The number of ether oxygens (including phenoxy) is 2. The van der Waals surface area contributed by atoms with Crippen molar-refractivity contribution in [2.24, 2.45) is 11.8 Å². The third kappa shape index (κ3) is 11.9. The van der Waals surface area contributed by atoms with Gasteiger partial charge >= 0.3 is 21.4 Å². The van der Waals surface area contributed by atoms with Crippen LogP contribution in [0.2, 0.25) is 0 Å². The molecule has 0 amide bonds. The number of fused-ring (bicyclic) bond motifs is 2. The molecule has 7 aliphatic rings. The molecule has 4 aromatic carbocycles. The minimum Gasteiger partial charge on any atom is -0.400 e. The van der Waals surface area contributed by atoms with Crippen LogP contribution in [0.25, 0.3) is 38.4 Å². The lowest BCUT2D eigenvalue weighted by atomic mass is 9.52. The van der Waals surface area contributed by atoms with Crippen molar-refractivity contribution in [3.8, 4) is 0 Å². The maximum Gasteiger partial charge on any atom is 0.495 e. The van der Waals surface area contributed by atoms with Gasteiger partial charge < -0.3 is 37.4 Å². The Balaban J connectivity index is 0.000000138. The Labute approximate surface area is 502 Å². The van der Waals surface area contributed by atoms with E-state index in [-0.39, 0.29) is 12.5 Å². The first-order valence-corrected chi connectivity index (χ1v) is 31.6. The van der Waals surface area contributed by atoms with Crippen LogP contribution in [-0.4, -0.2) is 87.7 Å². The van der Waals surface area contributed by atoms with Crippen LogP contribution < -0.4 is 0 Å². The second kappa shape index (κ2) is 23.6. The number of allylic oxidation sites excluding steroid dienone is 2. The van der Waals surface area contributed by atoms with Gasteiger partial charge in [-0.1, -0.05) is 79.6 Å². The van der Waals surface area contributed by atoms with Gasteiger partial charge in [0.15, 0.2) is 12.5 Å². The van der Waals surface area contributed by atoms with Crippen LogP contribution >= 0.6 is 22.6 Å². The van der Waals surface area contributed by atoms with Gasteiger partial charge in [0, 0.05) is 27.6 Å². The highest BCUT2D eigenvalue weighted by Crippen LogP contribution is 2.51. The normalized spacial score (nSPS) is 24.7. The summed E-state index contributed by atoms with van der Waals surface area (Å²) in [5.74, 6) is 0.982. The third-order valence-corrected chi connectivity index (χ3v) is 20.3.